The number of anilines is 1. The minimum Gasteiger partial charge on any atom is -0.495 e. The number of rotatable bonds is 8. The van der Waals surface area contributed by atoms with Crippen LogP contribution in [-0.2, 0) is 6.18 Å². The SMILES string of the molecule is C=C(/C=C\C(=C/C)Oc1ccnc(C(=O)NC)c1)NC(=O)Nc1cc(C(F)(F)F)ccc1OC. The largest absolute Gasteiger partial charge is 0.495 e. The van der Waals surface area contributed by atoms with Crippen LogP contribution in [0.1, 0.15) is 23.0 Å². The molecule has 2 aromatic rings. The number of urea groups is 1. The van der Waals surface area contributed by atoms with Crippen LogP contribution in [0.5, 0.6) is 11.5 Å². The molecule has 2 rings (SSSR count). The number of hydrogen-bond acceptors (Lipinski definition) is 5. The zero-order valence-corrected chi connectivity index (χ0v) is 18.6. The van der Waals surface area contributed by atoms with Crippen molar-refractivity contribution >= 4 is 17.6 Å². The lowest BCUT2D eigenvalue weighted by molar-refractivity contribution is -0.137. The first-order valence-electron chi connectivity index (χ1n) is 9.80. The van der Waals surface area contributed by atoms with Crippen molar-refractivity contribution < 1.29 is 32.2 Å². The Labute approximate surface area is 194 Å². The van der Waals surface area contributed by atoms with Gasteiger partial charge in [-0.2, -0.15) is 13.2 Å². The molecule has 11 heteroatoms. The van der Waals surface area contributed by atoms with Gasteiger partial charge in [-0.15, -0.1) is 0 Å². The second-order valence-corrected chi connectivity index (χ2v) is 6.60. The van der Waals surface area contributed by atoms with Gasteiger partial charge in [-0.25, -0.2) is 4.79 Å². The Kier molecular flexibility index (Phi) is 8.82. The number of nitrogens with one attached hydrogen (secondary N) is 3. The van der Waals surface area contributed by atoms with Crippen LogP contribution < -0.4 is 25.4 Å². The van der Waals surface area contributed by atoms with Gasteiger partial charge in [-0.3, -0.25) is 9.78 Å². The molecule has 0 radical (unpaired) electrons. The van der Waals surface area contributed by atoms with Crippen molar-refractivity contribution in [1.82, 2.24) is 15.6 Å². The number of pyridine rings is 1. The van der Waals surface area contributed by atoms with Crippen LogP contribution in [0.3, 0.4) is 0 Å². The lowest BCUT2D eigenvalue weighted by atomic mass is 10.2. The van der Waals surface area contributed by atoms with Gasteiger partial charge in [0.15, 0.2) is 0 Å². The third-order valence-electron chi connectivity index (χ3n) is 4.21. The summed E-state index contributed by atoms with van der Waals surface area (Å²) in [6.07, 6.45) is 1.41. The molecule has 3 N–H and O–H groups in total. The Bertz CT molecular complexity index is 1130. The number of hydrogen-bond donors (Lipinski definition) is 3. The molecule has 8 nitrogen and oxygen atoms in total. The number of methoxy groups -OCH3 is 1. The summed E-state index contributed by atoms with van der Waals surface area (Å²) in [5.41, 5.74) is -0.791. The molecular weight excluding hydrogens is 453 g/mol. The van der Waals surface area contributed by atoms with E-state index in [1.165, 1.54) is 38.6 Å². The number of carbonyl (C=O) groups is 2. The molecule has 0 aliphatic rings. The summed E-state index contributed by atoms with van der Waals surface area (Å²) in [4.78, 5) is 27.9. The molecule has 0 spiro atoms. The fraction of sp³-hybridized carbons (Fsp3) is 0.174. The van der Waals surface area contributed by atoms with E-state index in [9.17, 15) is 22.8 Å². The number of benzene rings is 1. The number of carbonyl (C=O) groups excluding carboxylic acids is 2. The van der Waals surface area contributed by atoms with Crippen molar-refractivity contribution in [2.24, 2.45) is 0 Å². The van der Waals surface area contributed by atoms with Gasteiger partial charge in [-0.1, -0.05) is 6.58 Å². The molecule has 0 unspecified atom stereocenters. The van der Waals surface area contributed by atoms with Crippen molar-refractivity contribution in [3.05, 3.63) is 84.0 Å². The van der Waals surface area contributed by atoms with E-state index in [4.69, 9.17) is 9.47 Å². The second kappa shape index (κ2) is 11.5. The Hall–Kier alpha value is -4.28. The average Bonchev–Trinajstić information content (AvgIpc) is 2.80. The first kappa shape index (κ1) is 26.0. The number of alkyl halides is 3. The molecule has 0 atom stereocenters. The van der Waals surface area contributed by atoms with Gasteiger partial charge in [0, 0.05) is 25.0 Å². The third kappa shape index (κ3) is 7.40. The minimum absolute atomic E-state index is 0.0578. The predicted octanol–water partition coefficient (Wildman–Crippen LogP) is 4.64. The van der Waals surface area contributed by atoms with Gasteiger partial charge in [-0.05, 0) is 49.4 Å². The lowest BCUT2D eigenvalue weighted by Crippen LogP contribution is -2.27. The second-order valence-electron chi connectivity index (χ2n) is 6.60. The molecule has 0 saturated heterocycles. The van der Waals surface area contributed by atoms with Gasteiger partial charge in [0.2, 0.25) is 0 Å². The van der Waals surface area contributed by atoms with Gasteiger partial charge in [0.25, 0.3) is 5.91 Å². The molecule has 0 saturated carbocycles. The van der Waals surface area contributed by atoms with Crippen molar-refractivity contribution in [3.8, 4) is 11.5 Å². The highest BCUT2D eigenvalue weighted by Gasteiger charge is 2.31. The summed E-state index contributed by atoms with van der Waals surface area (Å²) in [5, 5.41) is 7.17. The summed E-state index contributed by atoms with van der Waals surface area (Å²) in [6.45, 7) is 5.39. The molecule has 0 aliphatic carbocycles. The van der Waals surface area contributed by atoms with Gasteiger partial charge < -0.3 is 25.4 Å². The maximum absolute atomic E-state index is 13.0. The molecule has 0 fully saturated rings. The Morgan fingerprint density at radius 3 is 2.50 bits per heavy atom. The van der Waals surface area contributed by atoms with Crippen molar-refractivity contribution in [2.75, 3.05) is 19.5 Å². The standard InChI is InChI=1S/C23H23F3N4O4/c1-5-16(34-17-10-11-28-19(13-17)21(31)27-3)8-6-14(2)29-22(32)30-18-12-15(23(24,25)26)7-9-20(18)33-4/h5-13H,2H2,1,3-4H3,(H,27,31)(H2,29,30,32)/b8-6-,16-5+. The van der Waals surface area contributed by atoms with E-state index in [0.717, 1.165) is 18.2 Å². The van der Waals surface area contributed by atoms with Crippen molar-refractivity contribution in [3.63, 3.8) is 0 Å². The van der Waals surface area contributed by atoms with Crippen LogP contribution in [-0.4, -0.2) is 31.1 Å². The number of allylic oxidation sites excluding steroid dienone is 3. The summed E-state index contributed by atoms with van der Waals surface area (Å²) in [7, 11) is 2.75. The number of nitrogens with zero attached hydrogens (tertiary/aromatic N) is 1. The number of ether oxygens (including phenoxy) is 2. The molecule has 0 bridgehead atoms. The van der Waals surface area contributed by atoms with E-state index in [1.54, 1.807) is 19.1 Å². The maximum Gasteiger partial charge on any atom is 0.416 e. The van der Waals surface area contributed by atoms with Crippen molar-refractivity contribution in [2.45, 2.75) is 13.1 Å². The van der Waals surface area contributed by atoms with E-state index in [2.05, 4.69) is 27.5 Å². The Balaban J connectivity index is 2.03. The third-order valence-corrected chi connectivity index (χ3v) is 4.21. The average molecular weight is 476 g/mol. The number of amides is 3. The molecule has 180 valence electrons. The van der Waals surface area contributed by atoms with Crippen LogP contribution in [0, 0.1) is 0 Å². The first-order valence-corrected chi connectivity index (χ1v) is 9.80. The van der Waals surface area contributed by atoms with Crippen LogP contribution in [0.25, 0.3) is 0 Å². The normalized spacial score (nSPS) is 11.6. The molecular formula is C23H23F3N4O4. The van der Waals surface area contributed by atoms with Gasteiger partial charge >= 0.3 is 12.2 Å². The zero-order chi connectivity index (χ0) is 25.3. The molecule has 1 heterocycles. The first-order chi connectivity index (χ1) is 16.1. The predicted molar refractivity (Wildman–Crippen MR) is 120 cm³/mol. The monoisotopic (exact) mass is 476 g/mol. The van der Waals surface area contributed by atoms with Crippen molar-refractivity contribution in [1.29, 1.82) is 0 Å². The molecule has 1 aromatic carbocycles. The smallest absolute Gasteiger partial charge is 0.416 e. The Morgan fingerprint density at radius 2 is 1.88 bits per heavy atom. The highest BCUT2D eigenvalue weighted by molar-refractivity contribution is 5.93. The van der Waals surface area contributed by atoms with E-state index in [-0.39, 0.29) is 28.7 Å². The Morgan fingerprint density at radius 1 is 1.15 bits per heavy atom. The fourth-order valence-corrected chi connectivity index (χ4v) is 2.56. The van der Waals surface area contributed by atoms with E-state index in [1.807, 2.05) is 0 Å². The topological polar surface area (TPSA) is 102 Å². The van der Waals surface area contributed by atoms with E-state index >= 15 is 0 Å². The minimum atomic E-state index is -4.58. The summed E-state index contributed by atoms with van der Waals surface area (Å²) in [5.74, 6) is 0.419. The zero-order valence-electron chi connectivity index (χ0n) is 18.6. The highest BCUT2D eigenvalue weighted by atomic mass is 19.4. The quantitative estimate of drug-likeness (QED) is 0.381. The van der Waals surface area contributed by atoms with Gasteiger partial charge in [0.05, 0.1) is 18.4 Å². The summed E-state index contributed by atoms with van der Waals surface area (Å²) < 4.78 is 49.6. The van der Waals surface area contributed by atoms with Crippen LogP contribution in [0.4, 0.5) is 23.7 Å². The fourth-order valence-electron chi connectivity index (χ4n) is 2.56. The van der Waals surface area contributed by atoms with Crippen LogP contribution in [0.15, 0.2) is 72.8 Å². The number of aromatic nitrogens is 1. The molecule has 34 heavy (non-hydrogen) atoms. The molecule has 0 aliphatic heterocycles. The highest BCUT2D eigenvalue weighted by Crippen LogP contribution is 2.34. The summed E-state index contributed by atoms with van der Waals surface area (Å²) >= 11 is 0. The van der Waals surface area contributed by atoms with Gasteiger partial charge in [0.1, 0.15) is 23.0 Å². The lowest BCUT2D eigenvalue weighted by Gasteiger charge is -2.14. The number of halogens is 3. The van der Waals surface area contributed by atoms with Crippen LogP contribution in [0.2, 0.25) is 0 Å². The van der Waals surface area contributed by atoms with Crippen LogP contribution >= 0.6 is 0 Å². The van der Waals surface area contributed by atoms with E-state index in [0.29, 0.717) is 11.5 Å². The maximum atomic E-state index is 13.0. The molecule has 3 amide bonds. The molecule has 1 aromatic heterocycles. The van der Waals surface area contributed by atoms with E-state index < -0.39 is 17.8 Å². The summed E-state index contributed by atoms with van der Waals surface area (Å²) in [6, 6.07) is 4.93.